The summed E-state index contributed by atoms with van der Waals surface area (Å²) in [6, 6.07) is 16.9. The summed E-state index contributed by atoms with van der Waals surface area (Å²) in [4.78, 5) is 15.4. The second-order valence-corrected chi connectivity index (χ2v) is 13.7. The lowest BCUT2D eigenvalue weighted by Crippen LogP contribution is -2.50. The van der Waals surface area contributed by atoms with Crippen molar-refractivity contribution in [3.63, 3.8) is 0 Å². The van der Waals surface area contributed by atoms with Gasteiger partial charge in [0.25, 0.3) is 10.0 Å². The van der Waals surface area contributed by atoms with Crippen molar-refractivity contribution in [2.75, 3.05) is 44.1 Å². The van der Waals surface area contributed by atoms with Gasteiger partial charge in [0.15, 0.2) is 0 Å². The lowest BCUT2D eigenvalue weighted by Gasteiger charge is -2.37. The minimum absolute atomic E-state index is 0.0341. The zero-order valence-corrected chi connectivity index (χ0v) is 24.0. The molecule has 3 aromatic carbocycles. The van der Waals surface area contributed by atoms with E-state index in [0.717, 1.165) is 36.6 Å². The molecule has 2 fully saturated rings. The molecular formula is C29H32FN3O6S2. The van der Waals surface area contributed by atoms with Crippen molar-refractivity contribution in [3.05, 3.63) is 84.2 Å². The highest BCUT2D eigenvalue weighted by Crippen LogP contribution is 2.30. The maximum atomic E-state index is 14.4. The molecule has 2 heterocycles. The minimum Gasteiger partial charge on any atom is -0.381 e. The Hall–Kier alpha value is -3.32. The fourth-order valence-corrected chi connectivity index (χ4v) is 8.41. The second kappa shape index (κ2) is 12.3. The number of carbonyl (C=O) groups is 1. The number of halogens is 1. The third kappa shape index (κ3) is 6.61. The van der Waals surface area contributed by atoms with Crippen molar-refractivity contribution in [1.29, 1.82) is 0 Å². The summed E-state index contributed by atoms with van der Waals surface area (Å²) in [5.41, 5.74) is 1.13. The Morgan fingerprint density at radius 2 is 1.46 bits per heavy atom. The van der Waals surface area contributed by atoms with Gasteiger partial charge in [-0.05, 0) is 54.8 Å². The van der Waals surface area contributed by atoms with Crippen LogP contribution in [0.3, 0.4) is 0 Å². The van der Waals surface area contributed by atoms with Crippen LogP contribution >= 0.6 is 0 Å². The number of hydrogen-bond donors (Lipinski definition) is 1. The molecule has 0 unspecified atom stereocenters. The Morgan fingerprint density at radius 1 is 0.829 bits per heavy atom. The first kappa shape index (κ1) is 29.2. The van der Waals surface area contributed by atoms with Crippen LogP contribution in [0.15, 0.2) is 87.5 Å². The number of amides is 1. The maximum absolute atomic E-state index is 14.4. The molecule has 41 heavy (non-hydrogen) atoms. The summed E-state index contributed by atoms with van der Waals surface area (Å²) < 4.78 is 75.5. The first-order valence-corrected chi connectivity index (χ1v) is 16.4. The van der Waals surface area contributed by atoms with E-state index in [1.807, 2.05) is 11.0 Å². The highest BCUT2D eigenvalue weighted by atomic mass is 32.2. The second-order valence-electron chi connectivity index (χ2n) is 10.2. The number of sulfone groups is 1. The van der Waals surface area contributed by atoms with Gasteiger partial charge in [-0.25, -0.2) is 21.2 Å². The third-order valence-electron chi connectivity index (χ3n) is 7.39. The first-order valence-electron chi connectivity index (χ1n) is 13.4. The van der Waals surface area contributed by atoms with Crippen LogP contribution < -0.4 is 4.72 Å². The standard InChI is InChI=1S/C29H32FN3O6S2/c30-25-8-1-2-9-26(25)40(35,36)27-10-3-4-11-28(27)41(37,38)31-24-7-5-6-22(20-24)21-32-14-16-33(17-15-32)29(34)23-12-18-39-19-13-23/h1-11,20,23,31H,12-19,21H2. The highest BCUT2D eigenvalue weighted by molar-refractivity contribution is 7.95. The highest BCUT2D eigenvalue weighted by Gasteiger charge is 2.31. The van der Waals surface area contributed by atoms with Crippen molar-refractivity contribution in [3.8, 4) is 0 Å². The van der Waals surface area contributed by atoms with Crippen LogP contribution in [-0.2, 0) is 35.9 Å². The average Bonchev–Trinajstić information content (AvgIpc) is 2.98. The van der Waals surface area contributed by atoms with Gasteiger partial charge in [-0.3, -0.25) is 14.4 Å². The Morgan fingerprint density at radius 3 is 2.15 bits per heavy atom. The van der Waals surface area contributed by atoms with E-state index in [2.05, 4.69) is 9.62 Å². The SMILES string of the molecule is O=C(C1CCOCC1)N1CCN(Cc2cccc(NS(=O)(=O)c3ccccc3S(=O)(=O)c3ccccc3F)c2)CC1. The fraction of sp³-hybridized carbons (Fsp3) is 0.345. The normalized spacial score (nSPS) is 17.3. The van der Waals surface area contributed by atoms with Gasteiger partial charge in [-0.1, -0.05) is 36.4 Å². The fourth-order valence-electron chi connectivity index (χ4n) is 5.21. The van der Waals surface area contributed by atoms with E-state index in [9.17, 15) is 26.0 Å². The zero-order valence-electron chi connectivity index (χ0n) is 22.4. The van der Waals surface area contributed by atoms with Crippen molar-refractivity contribution < 1.29 is 30.8 Å². The molecule has 1 N–H and O–H groups in total. The van der Waals surface area contributed by atoms with Gasteiger partial charge >= 0.3 is 0 Å². The number of nitrogens with one attached hydrogen (secondary N) is 1. The van der Waals surface area contributed by atoms with E-state index in [-0.39, 0.29) is 17.5 Å². The maximum Gasteiger partial charge on any atom is 0.263 e. The summed E-state index contributed by atoms with van der Waals surface area (Å²) in [6.45, 7) is 4.49. The molecule has 0 atom stereocenters. The molecule has 0 saturated carbocycles. The summed E-state index contributed by atoms with van der Waals surface area (Å²) in [6.07, 6.45) is 1.53. The zero-order chi connectivity index (χ0) is 29.0. The van der Waals surface area contributed by atoms with Gasteiger partial charge in [0.05, 0.1) is 4.90 Å². The van der Waals surface area contributed by atoms with E-state index < -0.39 is 40.4 Å². The molecule has 5 rings (SSSR count). The van der Waals surface area contributed by atoms with Crippen LogP contribution in [0.1, 0.15) is 18.4 Å². The molecule has 3 aromatic rings. The minimum atomic E-state index is -4.46. The Balaban J connectivity index is 1.27. The summed E-state index contributed by atoms with van der Waals surface area (Å²) in [5, 5.41) is 0. The van der Waals surface area contributed by atoms with Crippen LogP contribution in [0.2, 0.25) is 0 Å². The number of rotatable bonds is 8. The molecule has 218 valence electrons. The van der Waals surface area contributed by atoms with Crippen LogP contribution in [-0.4, -0.2) is 71.9 Å². The number of benzene rings is 3. The Labute approximate surface area is 239 Å². The molecule has 2 saturated heterocycles. The Bertz CT molecular complexity index is 1620. The first-order chi connectivity index (χ1) is 19.6. The average molecular weight is 602 g/mol. The third-order valence-corrected chi connectivity index (χ3v) is 10.8. The van der Waals surface area contributed by atoms with Crippen LogP contribution in [0.25, 0.3) is 0 Å². The molecule has 0 aliphatic carbocycles. The van der Waals surface area contributed by atoms with Crippen molar-refractivity contribution in [2.24, 2.45) is 5.92 Å². The van der Waals surface area contributed by atoms with E-state index in [0.29, 0.717) is 45.9 Å². The number of anilines is 1. The molecular weight excluding hydrogens is 569 g/mol. The van der Waals surface area contributed by atoms with Crippen molar-refractivity contribution in [1.82, 2.24) is 9.80 Å². The lowest BCUT2D eigenvalue weighted by atomic mass is 9.98. The number of sulfonamides is 1. The molecule has 9 nitrogen and oxygen atoms in total. The van der Waals surface area contributed by atoms with Crippen molar-refractivity contribution >= 4 is 31.5 Å². The molecule has 2 aliphatic heterocycles. The van der Waals surface area contributed by atoms with Crippen LogP contribution in [0, 0.1) is 11.7 Å². The predicted octanol–water partition coefficient (Wildman–Crippen LogP) is 3.53. The van der Waals surface area contributed by atoms with Crippen LogP contribution in [0.4, 0.5) is 10.1 Å². The number of ether oxygens (including phenoxy) is 1. The van der Waals surface area contributed by atoms with Gasteiger partial charge < -0.3 is 9.64 Å². The molecule has 1 amide bonds. The Kier molecular flexibility index (Phi) is 8.74. The summed E-state index contributed by atoms with van der Waals surface area (Å²) >= 11 is 0. The predicted molar refractivity (Wildman–Crippen MR) is 151 cm³/mol. The van der Waals surface area contributed by atoms with E-state index in [4.69, 9.17) is 4.74 Å². The number of carbonyl (C=O) groups excluding carboxylic acids is 1. The number of piperazine rings is 1. The lowest BCUT2D eigenvalue weighted by molar-refractivity contribution is -0.140. The van der Waals surface area contributed by atoms with Gasteiger partial charge in [-0.2, -0.15) is 0 Å². The van der Waals surface area contributed by atoms with Gasteiger partial charge in [0.1, 0.15) is 15.6 Å². The molecule has 0 spiro atoms. The van der Waals surface area contributed by atoms with Crippen LogP contribution in [0.5, 0.6) is 0 Å². The van der Waals surface area contributed by atoms with E-state index in [1.165, 1.54) is 30.3 Å². The summed E-state index contributed by atoms with van der Waals surface area (Å²) in [5.74, 6) is -0.734. The molecule has 0 bridgehead atoms. The molecule has 2 aliphatic rings. The van der Waals surface area contributed by atoms with Gasteiger partial charge in [0.2, 0.25) is 15.7 Å². The monoisotopic (exact) mass is 601 g/mol. The smallest absolute Gasteiger partial charge is 0.263 e. The topological polar surface area (TPSA) is 113 Å². The van der Waals surface area contributed by atoms with Crippen molar-refractivity contribution in [2.45, 2.75) is 34.1 Å². The summed E-state index contributed by atoms with van der Waals surface area (Å²) in [7, 11) is -8.80. The molecule has 0 aromatic heterocycles. The number of hydrogen-bond acceptors (Lipinski definition) is 7. The van der Waals surface area contributed by atoms with Gasteiger partial charge in [0, 0.05) is 57.5 Å². The van der Waals surface area contributed by atoms with E-state index in [1.54, 1.807) is 18.2 Å². The quantitative estimate of drug-likeness (QED) is 0.420. The molecule has 12 heteroatoms. The molecule has 0 radical (unpaired) electrons. The van der Waals surface area contributed by atoms with E-state index >= 15 is 0 Å². The van der Waals surface area contributed by atoms with Gasteiger partial charge in [-0.15, -0.1) is 0 Å². The largest absolute Gasteiger partial charge is 0.381 e. The number of nitrogens with zero attached hydrogens (tertiary/aromatic N) is 2.